The van der Waals surface area contributed by atoms with Gasteiger partial charge in [-0.25, -0.2) is 4.98 Å². The molecule has 1 fully saturated rings. The Balaban J connectivity index is 1.34. The van der Waals surface area contributed by atoms with Gasteiger partial charge in [0.2, 0.25) is 5.76 Å². The van der Waals surface area contributed by atoms with E-state index in [9.17, 15) is 4.79 Å². The van der Waals surface area contributed by atoms with Gasteiger partial charge in [-0.05, 0) is 12.1 Å². The van der Waals surface area contributed by atoms with E-state index in [1.165, 1.54) is 6.26 Å². The number of fused-ring (bicyclic) bond motifs is 1. The number of carbonyl (C=O) groups excluding carboxylic acids is 1. The molecule has 1 saturated heterocycles. The molecule has 3 heterocycles. The lowest BCUT2D eigenvalue weighted by Crippen LogP contribution is -2.43. The third kappa shape index (κ3) is 3.17. The number of thiazole rings is 1. The van der Waals surface area contributed by atoms with Crippen molar-refractivity contribution in [1.82, 2.24) is 9.88 Å². The molecule has 0 aliphatic carbocycles. The van der Waals surface area contributed by atoms with Gasteiger partial charge in [-0.15, -0.1) is 0 Å². The molecule has 24 heavy (non-hydrogen) atoms. The van der Waals surface area contributed by atoms with Gasteiger partial charge in [-0.3, -0.25) is 4.79 Å². The van der Waals surface area contributed by atoms with E-state index in [4.69, 9.17) is 14.2 Å². The number of nitrogens with zero attached hydrogens (tertiary/aromatic N) is 2. The van der Waals surface area contributed by atoms with Gasteiger partial charge in [0.1, 0.15) is 25.6 Å². The molecule has 7 heteroatoms. The van der Waals surface area contributed by atoms with Gasteiger partial charge in [0, 0.05) is 25.9 Å². The summed E-state index contributed by atoms with van der Waals surface area (Å²) in [6, 6.07) is 8.00. The molecule has 0 N–H and O–H groups in total. The predicted octanol–water partition coefficient (Wildman–Crippen LogP) is 2.55. The molecule has 126 valence electrons. The second-order valence-corrected chi connectivity index (χ2v) is 6.75. The van der Waals surface area contributed by atoms with Crippen molar-refractivity contribution in [2.45, 2.75) is 18.9 Å². The summed E-state index contributed by atoms with van der Waals surface area (Å²) >= 11 is 1.56. The Hall–Kier alpha value is -2.28. The van der Waals surface area contributed by atoms with Crippen molar-refractivity contribution in [3.8, 4) is 5.19 Å². The number of ether oxygens (including phenoxy) is 3. The standard InChI is InChI=1S/C17H18N2O4S/c20-16(14-11-21-9-10-22-14)19-7-5-12(6-8-19)23-17-18-13-3-1-2-4-15(13)24-17/h1-4,11-12H,5-10H2. The maximum absolute atomic E-state index is 12.3. The fourth-order valence-corrected chi connectivity index (χ4v) is 3.74. The van der Waals surface area contributed by atoms with Crippen molar-refractivity contribution in [2.75, 3.05) is 26.3 Å². The molecule has 6 nitrogen and oxygen atoms in total. The van der Waals surface area contributed by atoms with Crippen molar-refractivity contribution in [3.05, 3.63) is 36.3 Å². The zero-order valence-corrected chi connectivity index (χ0v) is 14.0. The van der Waals surface area contributed by atoms with E-state index in [1.807, 2.05) is 24.3 Å². The Morgan fingerprint density at radius 3 is 2.83 bits per heavy atom. The zero-order chi connectivity index (χ0) is 16.4. The molecule has 0 unspecified atom stereocenters. The van der Waals surface area contributed by atoms with Crippen LogP contribution in [0.15, 0.2) is 36.3 Å². The summed E-state index contributed by atoms with van der Waals surface area (Å²) in [5.74, 6) is 0.194. The maximum atomic E-state index is 12.3. The van der Waals surface area contributed by atoms with Crippen molar-refractivity contribution >= 4 is 27.5 Å². The lowest BCUT2D eigenvalue weighted by Gasteiger charge is -2.32. The average Bonchev–Trinajstić information content (AvgIpc) is 3.05. The molecule has 2 aliphatic heterocycles. The molecule has 4 rings (SSSR count). The Bertz CT molecular complexity index is 732. The van der Waals surface area contributed by atoms with Crippen LogP contribution in [0.5, 0.6) is 5.19 Å². The first kappa shape index (κ1) is 15.3. The first-order valence-electron chi connectivity index (χ1n) is 8.06. The molecule has 0 radical (unpaired) electrons. The minimum atomic E-state index is -0.104. The van der Waals surface area contributed by atoms with Crippen LogP contribution in [0.1, 0.15) is 12.8 Å². The van der Waals surface area contributed by atoms with Gasteiger partial charge in [-0.2, -0.15) is 0 Å². The second-order valence-electron chi connectivity index (χ2n) is 5.76. The van der Waals surface area contributed by atoms with E-state index >= 15 is 0 Å². The Labute approximate surface area is 143 Å². The van der Waals surface area contributed by atoms with E-state index < -0.39 is 0 Å². The van der Waals surface area contributed by atoms with Crippen LogP contribution < -0.4 is 4.74 Å². The number of benzene rings is 1. The lowest BCUT2D eigenvalue weighted by atomic mass is 10.1. The number of piperidine rings is 1. The molecule has 0 spiro atoms. The fourth-order valence-electron chi connectivity index (χ4n) is 2.86. The third-order valence-corrected chi connectivity index (χ3v) is 5.06. The molecule has 2 aliphatic rings. The van der Waals surface area contributed by atoms with E-state index in [0.29, 0.717) is 37.3 Å². The summed E-state index contributed by atoms with van der Waals surface area (Å²) < 4.78 is 17.7. The van der Waals surface area contributed by atoms with Crippen LogP contribution in [0, 0.1) is 0 Å². The minimum absolute atomic E-state index is 0.0899. The second kappa shape index (κ2) is 6.68. The highest BCUT2D eigenvalue weighted by atomic mass is 32.1. The highest BCUT2D eigenvalue weighted by Gasteiger charge is 2.28. The number of likely N-dealkylation sites (tertiary alicyclic amines) is 1. The number of rotatable bonds is 3. The van der Waals surface area contributed by atoms with Crippen LogP contribution in [0.25, 0.3) is 10.2 Å². The van der Waals surface area contributed by atoms with Gasteiger partial charge in [-0.1, -0.05) is 23.5 Å². The largest absolute Gasteiger partial charge is 0.494 e. The molecule has 0 bridgehead atoms. The topological polar surface area (TPSA) is 60.9 Å². The fraction of sp³-hybridized carbons (Fsp3) is 0.412. The summed E-state index contributed by atoms with van der Waals surface area (Å²) in [7, 11) is 0. The van der Waals surface area contributed by atoms with Crippen LogP contribution in [0.4, 0.5) is 0 Å². The van der Waals surface area contributed by atoms with E-state index in [1.54, 1.807) is 16.2 Å². The van der Waals surface area contributed by atoms with E-state index in [2.05, 4.69) is 4.98 Å². The predicted molar refractivity (Wildman–Crippen MR) is 89.8 cm³/mol. The number of amides is 1. The molecule has 2 aromatic rings. The monoisotopic (exact) mass is 346 g/mol. The van der Waals surface area contributed by atoms with Gasteiger partial charge in [0.15, 0.2) is 0 Å². The van der Waals surface area contributed by atoms with Crippen molar-refractivity contribution in [3.63, 3.8) is 0 Å². The number of hydrogen-bond acceptors (Lipinski definition) is 6. The van der Waals surface area contributed by atoms with Crippen molar-refractivity contribution < 1.29 is 19.0 Å². The number of aromatic nitrogens is 1. The van der Waals surface area contributed by atoms with E-state index in [0.717, 1.165) is 23.1 Å². The summed E-state index contributed by atoms with van der Waals surface area (Å²) in [6.07, 6.45) is 3.08. The number of hydrogen-bond donors (Lipinski definition) is 0. The Morgan fingerprint density at radius 1 is 1.25 bits per heavy atom. The molecule has 1 aromatic carbocycles. The molecule has 1 amide bonds. The van der Waals surface area contributed by atoms with Crippen LogP contribution in [-0.2, 0) is 14.3 Å². The smallest absolute Gasteiger partial charge is 0.292 e. The molecule has 0 saturated carbocycles. The first-order valence-corrected chi connectivity index (χ1v) is 8.87. The number of para-hydroxylation sites is 1. The minimum Gasteiger partial charge on any atom is -0.494 e. The molecule has 0 atom stereocenters. The third-order valence-electron chi connectivity index (χ3n) is 4.13. The van der Waals surface area contributed by atoms with Gasteiger partial charge < -0.3 is 19.1 Å². The molecular weight excluding hydrogens is 328 g/mol. The van der Waals surface area contributed by atoms with Crippen molar-refractivity contribution in [2.24, 2.45) is 0 Å². The van der Waals surface area contributed by atoms with Crippen LogP contribution in [0.3, 0.4) is 0 Å². The maximum Gasteiger partial charge on any atom is 0.292 e. The highest BCUT2D eigenvalue weighted by molar-refractivity contribution is 7.20. The van der Waals surface area contributed by atoms with Crippen LogP contribution >= 0.6 is 11.3 Å². The molecule has 1 aromatic heterocycles. The summed E-state index contributed by atoms with van der Waals surface area (Å²) in [4.78, 5) is 18.6. The van der Waals surface area contributed by atoms with Crippen molar-refractivity contribution in [1.29, 1.82) is 0 Å². The van der Waals surface area contributed by atoms with Crippen LogP contribution in [-0.4, -0.2) is 48.2 Å². The zero-order valence-electron chi connectivity index (χ0n) is 13.1. The van der Waals surface area contributed by atoms with Gasteiger partial charge in [0.25, 0.3) is 11.1 Å². The summed E-state index contributed by atoms with van der Waals surface area (Å²) in [5.41, 5.74) is 0.964. The summed E-state index contributed by atoms with van der Waals surface area (Å²) in [6.45, 7) is 2.22. The van der Waals surface area contributed by atoms with E-state index in [-0.39, 0.29) is 12.0 Å². The highest BCUT2D eigenvalue weighted by Crippen LogP contribution is 2.29. The number of carbonyl (C=O) groups is 1. The Kier molecular flexibility index (Phi) is 4.25. The first-order chi connectivity index (χ1) is 11.8. The lowest BCUT2D eigenvalue weighted by molar-refractivity contribution is -0.134. The SMILES string of the molecule is O=C(C1=COCCO1)N1CCC(Oc2nc3ccccc3s2)CC1. The van der Waals surface area contributed by atoms with Crippen LogP contribution in [0.2, 0.25) is 0 Å². The Morgan fingerprint density at radius 2 is 2.08 bits per heavy atom. The molecular formula is C17H18N2O4S. The quantitative estimate of drug-likeness (QED) is 0.855. The average molecular weight is 346 g/mol. The van der Waals surface area contributed by atoms with Gasteiger partial charge >= 0.3 is 0 Å². The van der Waals surface area contributed by atoms with Gasteiger partial charge in [0.05, 0.1) is 10.2 Å². The summed E-state index contributed by atoms with van der Waals surface area (Å²) in [5, 5.41) is 0.702. The normalized spacial score (nSPS) is 18.7.